The summed E-state index contributed by atoms with van der Waals surface area (Å²) in [6.45, 7) is 3.74. The van der Waals surface area contributed by atoms with E-state index in [2.05, 4.69) is 15.5 Å². The van der Waals surface area contributed by atoms with Gasteiger partial charge in [0.15, 0.2) is 0 Å². The molecule has 2 aromatic rings. The highest BCUT2D eigenvalue weighted by atomic mass is 16.2. The molecular formula is C17H20N4O. The lowest BCUT2D eigenvalue weighted by molar-refractivity contribution is 0.0954. The number of benzene rings is 1. The second-order valence-electron chi connectivity index (χ2n) is 5.27. The number of nitrogens with zero attached hydrogens (tertiary/aromatic N) is 3. The highest BCUT2D eigenvalue weighted by Crippen LogP contribution is 2.12. The number of hydrogen-bond acceptors (Lipinski definition) is 4. The van der Waals surface area contributed by atoms with Gasteiger partial charge >= 0.3 is 0 Å². The fraction of sp³-hybridized carbons (Fsp3) is 0.235. The minimum absolute atomic E-state index is 0.267. The Morgan fingerprint density at radius 1 is 1.09 bits per heavy atom. The smallest absolute Gasteiger partial charge is 0.272 e. The first-order chi connectivity index (χ1) is 10.5. The van der Waals surface area contributed by atoms with E-state index in [4.69, 9.17) is 0 Å². The second kappa shape index (κ2) is 6.85. The van der Waals surface area contributed by atoms with Crippen LogP contribution in [-0.4, -0.2) is 30.7 Å². The topological polar surface area (TPSA) is 57.6 Å². The zero-order chi connectivity index (χ0) is 16.1. The van der Waals surface area contributed by atoms with Gasteiger partial charge in [-0.05, 0) is 43.7 Å². The summed E-state index contributed by atoms with van der Waals surface area (Å²) in [4.78, 5) is 18.1. The first-order valence-electron chi connectivity index (χ1n) is 7.02. The Labute approximate surface area is 130 Å². The van der Waals surface area contributed by atoms with Crippen LogP contribution in [0, 0.1) is 6.92 Å². The molecule has 5 nitrogen and oxygen atoms in total. The first kappa shape index (κ1) is 15.7. The van der Waals surface area contributed by atoms with Crippen molar-refractivity contribution in [3.8, 4) is 0 Å². The van der Waals surface area contributed by atoms with Crippen LogP contribution in [0.3, 0.4) is 0 Å². The van der Waals surface area contributed by atoms with E-state index < -0.39 is 0 Å². The maximum atomic E-state index is 12.0. The molecule has 0 bridgehead atoms. The summed E-state index contributed by atoms with van der Waals surface area (Å²) in [5.74, 6) is -0.267. The van der Waals surface area contributed by atoms with Crippen molar-refractivity contribution in [3.05, 3.63) is 59.4 Å². The van der Waals surface area contributed by atoms with Gasteiger partial charge in [0, 0.05) is 31.7 Å². The maximum absolute atomic E-state index is 12.0. The predicted octanol–water partition coefficient (Wildman–Crippen LogP) is 2.61. The first-order valence-corrected chi connectivity index (χ1v) is 7.02. The van der Waals surface area contributed by atoms with E-state index in [1.54, 1.807) is 18.3 Å². The predicted molar refractivity (Wildman–Crippen MR) is 89.4 cm³/mol. The fourth-order valence-electron chi connectivity index (χ4n) is 1.87. The van der Waals surface area contributed by atoms with Crippen LogP contribution in [0.15, 0.2) is 47.7 Å². The monoisotopic (exact) mass is 296 g/mol. The molecule has 0 spiro atoms. The number of carbonyl (C=O) groups excluding carboxylic acids is 1. The molecule has 5 heteroatoms. The molecule has 0 atom stereocenters. The molecule has 0 aliphatic heterocycles. The van der Waals surface area contributed by atoms with E-state index in [1.165, 1.54) is 0 Å². The number of nitrogens with one attached hydrogen (secondary N) is 1. The van der Waals surface area contributed by atoms with Gasteiger partial charge in [-0.2, -0.15) is 5.10 Å². The normalized spacial score (nSPS) is 11.2. The van der Waals surface area contributed by atoms with E-state index in [9.17, 15) is 4.79 Å². The number of aryl methyl sites for hydroxylation is 1. The van der Waals surface area contributed by atoms with Gasteiger partial charge in [-0.15, -0.1) is 0 Å². The molecule has 1 heterocycles. The summed E-state index contributed by atoms with van der Waals surface area (Å²) in [7, 11) is 3.98. The van der Waals surface area contributed by atoms with Crippen LogP contribution in [0.25, 0.3) is 0 Å². The number of aromatic nitrogens is 1. The molecule has 0 aliphatic rings. The minimum atomic E-state index is -0.267. The quantitative estimate of drug-likeness (QED) is 0.697. The molecule has 22 heavy (non-hydrogen) atoms. The second-order valence-corrected chi connectivity index (χ2v) is 5.27. The van der Waals surface area contributed by atoms with E-state index in [-0.39, 0.29) is 5.91 Å². The number of anilines is 1. The number of carbonyl (C=O) groups is 1. The number of hydrogen-bond donors (Lipinski definition) is 1. The standard InChI is InChI=1S/C17H20N4O/c1-12-5-6-15(11-18-12)17(22)20-19-13(2)14-7-9-16(10-8-14)21(3)4/h5-11H,1-4H3,(H,20,22)/b19-13-. The number of pyridine rings is 1. The van der Waals surface area contributed by atoms with Crippen LogP contribution >= 0.6 is 0 Å². The lowest BCUT2D eigenvalue weighted by Gasteiger charge is -2.12. The average Bonchev–Trinajstić information content (AvgIpc) is 2.53. The Morgan fingerprint density at radius 2 is 1.73 bits per heavy atom. The van der Waals surface area contributed by atoms with Crippen LogP contribution in [0.5, 0.6) is 0 Å². The van der Waals surface area contributed by atoms with Crippen molar-refractivity contribution in [2.75, 3.05) is 19.0 Å². The molecule has 0 unspecified atom stereocenters. The van der Waals surface area contributed by atoms with Crippen molar-refractivity contribution < 1.29 is 4.79 Å². The van der Waals surface area contributed by atoms with Crippen molar-refractivity contribution in [2.24, 2.45) is 5.10 Å². The zero-order valence-corrected chi connectivity index (χ0v) is 13.3. The lowest BCUT2D eigenvalue weighted by Crippen LogP contribution is -2.19. The van der Waals surface area contributed by atoms with Gasteiger partial charge in [0.1, 0.15) is 0 Å². The molecule has 0 saturated heterocycles. The number of rotatable bonds is 4. The molecule has 0 fully saturated rings. The van der Waals surface area contributed by atoms with Gasteiger partial charge in [0.2, 0.25) is 0 Å². The Kier molecular flexibility index (Phi) is 4.88. The largest absolute Gasteiger partial charge is 0.378 e. The zero-order valence-electron chi connectivity index (χ0n) is 13.3. The Bertz CT molecular complexity index is 673. The van der Waals surface area contributed by atoms with Crippen molar-refractivity contribution in [3.63, 3.8) is 0 Å². The molecule has 0 saturated carbocycles. The van der Waals surface area contributed by atoms with Gasteiger partial charge in [-0.3, -0.25) is 9.78 Å². The fourth-order valence-corrected chi connectivity index (χ4v) is 1.87. The summed E-state index contributed by atoms with van der Waals surface area (Å²) in [5.41, 5.74) is 6.75. The third kappa shape index (κ3) is 3.91. The van der Waals surface area contributed by atoms with Crippen LogP contribution in [0.4, 0.5) is 5.69 Å². The molecule has 1 aromatic carbocycles. The summed E-state index contributed by atoms with van der Waals surface area (Å²) >= 11 is 0. The maximum Gasteiger partial charge on any atom is 0.272 e. The molecule has 1 amide bonds. The van der Waals surface area contributed by atoms with E-state index in [0.717, 1.165) is 22.7 Å². The molecule has 0 radical (unpaired) electrons. The van der Waals surface area contributed by atoms with Gasteiger partial charge < -0.3 is 4.90 Å². The molecule has 1 aromatic heterocycles. The van der Waals surface area contributed by atoms with Crippen LogP contribution in [-0.2, 0) is 0 Å². The summed E-state index contributed by atoms with van der Waals surface area (Å²) in [6.07, 6.45) is 1.54. The average molecular weight is 296 g/mol. The molecule has 2 rings (SSSR count). The molecule has 1 N–H and O–H groups in total. The summed E-state index contributed by atoms with van der Waals surface area (Å²) < 4.78 is 0. The van der Waals surface area contributed by atoms with Crippen LogP contribution in [0.2, 0.25) is 0 Å². The van der Waals surface area contributed by atoms with Crippen molar-refractivity contribution in [1.82, 2.24) is 10.4 Å². The highest BCUT2D eigenvalue weighted by molar-refractivity contribution is 6.01. The summed E-state index contributed by atoms with van der Waals surface area (Å²) in [6, 6.07) is 11.5. The number of hydrazone groups is 1. The van der Waals surface area contributed by atoms with E-state index in [0.29, 0.717) is 5.56 Å². The third-order valence-electron chi connectivity index (χ3n) is 3.30. The third-order valence-corrected chi connectivity index (χ3v) is 3.30. The van der Waals surface area contributed by atoms with E-state index in [1.807, 2.05) is 57.1 Å². The van der Waals surface area contributed by atoms with Gasteiger partial charge in [-0.25, -0.2) is 5.43 Å². The molecular weight excluding hydrogens is 276 g/mol. The van der Waals surface area contributed by atoms with Gasteiger partial charge in [-0.1, -0.05) is 12.1 Å². The summed E-state index contributed by atoms with van der Waals surface area (Å²) in [5, 5.41) is 4.14. The molecule has 0 aliphatic carbocycles. The minimum Gasteiger partial charge on any atom is -0.378 e. The SMILES string of the molecule is C/C(=N/NC(=O)c1ccc(C)nc1)c1ccc(N(C)C)cc1. The van der Waals surface area contributed by atoms with Crippen molar-refractivity contribution in [2.45, 2.75) is 13.8 Å². The van der Waals surface area contributed by atoms with Gasteiger partial charge in [0.05, 0.1) is 11.3 Å². The lowest BCUT2D eigenvalue weighted by atomic mass is 10.1. The van der Waals surface area contributed by atoms with Crippen LogP contribution < -0.4 is 10.3 Å². The van der Waals surface area contributed by atoms with Crippen molar-refractivity contribution in [1.29, 1.82) is 0 Å². The Morgan fingerprint density at radius 3 is 2.27 bits per heavy atom. The Hall–Kier alpha value is -2.69. The molecule has 114 valence electrons. The van der Waals surface area contributed by atoms with Crippen LogP contribution in [0.1, 0.15) is 28.5 Å². The van der Waals surface area contributed by atoms with Gasteiger partial charge in [0.25, 0.3) is 5.91 Å². The Balaban J connectivity index is 2.05. The van der Waals surface area contributed by atoms with E-state index >= 15 is 0 Å². The highest BCUT2D eigenvalue weighted by Gasteiger charge is 2.05. The number of amides is 1. The van der Waals surface area contributed by atoms with Crippen molar-refractivity contribution >= 4 is 17.3 Å².